The molecule has 0 spiro atoms. The Morgan fingerprint density at radius 3 is 2.67 bits per heavy atom. The first kappa shape index (κ1) is 8.66. The van der Waals surface area contributed by atoms with Crippen molar-refractivity contribution in [3.63, 3.8) is 0 Å². The van der Waals surface area contributed by atoms with Crippen LogP contribution in [0, 0.1) is 10.1 Å². The molecule has 0 aliphatic heterocycles. The lowest BCUT2D eigenvalue weighted by atomic mass is 10.7. The van der Waals surface area contributed by atoms with Crippen molar-refractivity contribution in [2.75, 3.05) is 0 Å². The van der Waals surface area contributed by atoms with Crippen molar-refractivity contribution in [1.82, 2.24) is 9.55 Å². The molecule has 0 saturated carbocycles. The number of nitro groups is 1. The third kappa shape index (κ3) is 1.42. The summed E-state index contributed by atoms with van der Waals surface area (Å²) >= 11 is 5.08. The van der Waals surface area contributed by atoms with Crippen LogP contribution in [0.25, 0.3) is 0 Å². The lowest BCUT2D eigenvalue weighted by Crippen LogP contribution is -1.99. The van der Waals surface area contributed by atoms with E-state index < -0.39 is 10.2 Å². The van der Waals surface area contributed by atoms with Crippen molar-refractivity contribution in [2.24, 2.45) is 7.05 Å². The summed E-state index contributed by atoms with van der Waals surface area (Å²) in [5.41, 5.74) is 0. The van der Waals surface area contributed by atoms with Gasteiger partial charge in [-0.2, -0.15) is 0 Å². The number of imidazole rings is 1. The Bertz CT molecular complexity index is 346. The molecule has 0 unspecified atom stereocenters. The molecular formula is C5H4ClN3O3. The summed E-state index contributed by atoms with van der Waals surface area (Å²) in [5, 5.41) is 9.35. The number of rotatable bonds is 2. The van der Waals surface area contributed by atoms with Gasteiger partial charge in [-0.15, -0.1) is 0 Å². The smallest absolute Gasteiger partial charge is 0.358 e. The highest BCUT2D eigenvalue weighted by atomic mass is 35.5. The zero-order valence-corrected chi connectivity index (χ0v) is 6.78. The van der Waals surface area contributed by atoms with E-state index in [4.69, 9.17) is 11.6 Å². The minimum Gasteiger partial charge on any atom is -0.358 e. The normalized spacial score (nSPS) is 9.83. The fraction of sp³-hybridized carbons (Fsp3) is 0.200. The van der Waals surface area contributed by atoms with Crippen molar-refractivity contribution < 1.29 is 9.72 Å². The van der Waals surface area contributed by atoms with Crippen molar-refractivity contribution in [3.8, 4) is 0 Å². The molecule has 0 aliphatic rings. The van der Waals surface area contributed by atoms with Crippen LogP contribution in [0.3, 0.4) is 0 Å². The zero-order valence-electron chi connectivity index (χ0n) is 6.02. The van der Waals surface area contributed by atoms with Crippen molar-refractivity contribution >= 4 is 22.7 Å². The van der Waals surface area contributed by atoms with Gasteiger partial charge in [0.15, 0.2) is 0 Å². The van der Waals surface area contributed by atoms with Crippen LogP contribution in [0.4, 0.5) is 5.82 Å². The Kier molecular flexibility index (Phi) is 2.09. The standard InChI is InChI=1S/C5H4ClN3O3/c1-8-2-3(9(11)12)7-5(8)4(6)10/h2H,1H3. The van der Waals surface area contributed by atoms with E-state index in [0.717, 1.165) is 6.20 Å². The molecule has 1 aromatic rings. The second-order valence-electron chi connectivity index (χ2n) is 2.06. The first-order valence-electron chi connectivity index (χ1n) is 2.90. The molecule has 1 aromatic heterocycles. The van der Waals surface area contributed by atoms with Crippen LogP contribution in [-0.4, -0.2) is 19.7 Å². The van der Waals surface area contributed by atoms with Gasteiger partial charge in [-0.1, -0.05) is 0 Å². The van der Waals surface area contributed by atoms with Gasteiger partial charge in [-0.25, -0.2) is 0 Å². The van der Waals surface area contributed by atoms with Crippen LogP contribution in [0.15, 0.2) is 6.20 Å². The Hall–Kier alpha value is -1.43. The highest BCUT2D eigenvalue weighted by Gasteiger charge is 2.20. The van der Waals surface area contributed by atoms with E-state index in [9.17, 15) is 14.9 Å². The van der Waals surface area contributed by atoms with E-state index in [-0.39, 0.29) is 11.6 Å². The maximum atomic E-state index is 10.6. The maximum Gasteiger partial charge on any atom is 0.382 e. The molecule has 6 nitrogen and oxygen atoms in total. The number of hydrogen-bond donors (Lipinski definition) is 0. The zero-order chi connectivity index (χ0) is 9.30. The number of aromatic nitrogens is 2. The predicted octanol–water partition coefficient (Wildman–Crippen LogP) is 0.707. The van der Waals surface area contributed by atoms with Gasteiger partial charge in [0.1, 0.15) is 6.20 Å². The molecule has 1 heterocycles. The van der Waals surface area contributed by atoms with Crippen LogP contribution in [0.5, 0.6) is 0 Å². The molecule has 64 valence electrons. The lowest BCUT2D eigenvalue weighted by Gasteiger charge is -1.85. The van der Waals surface area contributed by atoms with Crippen LogP contribution in [0.1, 0.15) is 10.6 Å². The molecule has 0 atom stereocenters. The van der Waals surface area contributed by atoms with Gasteiger partial charge in [0.05, 0.1) is 0 Å². The largest absolute Gasteiger partial charge is 0.382 e. The number of hydrogen-bond acceptors (Lipinski definition) is 4. The van der Waals surface area contributed by atoms with Crippen LogP contribution < -0.4 is 0 Å². The van der Waals surface area contributed by atoms with Crippen molar-refractivity contribution in [3.05, 3.63) is 22.1 Å². The molecule has 0 saturated heterocycles. The fourth-order valence-electron chi connectivity index (χ4n) is 0.721. The maximum absolute atomic E-state index is 10.6. The van der Waals surface area contributed by atoms with Gasteiger partial charge in [0, 0.05) is 7.05 Å². The molecule has 0 fully saturated rings. The Labute approximate surface area is 71.9 Å². The molecule has 0 N–H and O–H groups in total. The minimum atomic E-state index is -0.814. The van der Waals surface area contributed by atoms with E-state index in [1.807, 2.05) is 0 Å². The van der Waals surface area contributed by atoms with E-state index >= 15 is 0 Å². The topological polar surface area (TPSA) is 78.0 Å². The average molecular weight is 190 g/mol. The first-order valence-corrected chi connectivity index (χ1v) is 3.27. The number of nitrogens with zero attached hydrogens (tertiary/aromatic N) is 3. The summed E-state index contributed by atoms with van der Waals surface area (Å²) < 4.78 is 1.20. The molecule has 0 radical (unpaired) electrons. The quantitative estimate of drug-likeness (QED) is 0.390. The highest BCUT2D eigenvalue weighted by Crippen LogP contribution is 2.10. The van der Waals surface area contributed by atoms with Gasteiger partial charge in [-0.3, -0.25) is 4.79 Å². The molecule has 12 heavy (non-hydrogen) atoms. The second kappa shape index (κ2) is 2.90. The Morgan fingerprint density at radius 2 is 2.42 bits per heavy atom. The third-order valence-corrected chi connectivity index (χ3v) is 1.40. The van der Waals surface area contributed by atoms with Crippen LogP contribution >= 0.6 is 11.6 Å². The van der Waals surface area contributed by atoms with Gasteiger partial charge in [0.2, 0.25) is 0 Å². The van der Waals surface area contributed by atoms with Crippen molar-refractivity contribution in [1.29, 1.82) is 0 Å². The number of carbonyl (C=O) groups excluding carboxylic acids is 1. The molecular weight excluding hydrogens is 186 g/mol. The van der Waals surface area contributed by atoms with Gasteiger partial charge in [-0.05, 0) is 21.5 Å². The van der Waals surface area contributed by atoms with Crippen LogP contribution in [-0.2, 0) is 7.05 Å². The predicted molar refractivity (Wildman–Crippen MR) is 40.0 cm³/mol. The van der Waals surface area contributed by atoms with Gasteiger partial charge < -0.3 is 14.7 Å². The molecule has 0 bridgehead atoms. The molecule has 1 rings (SSSR count). The number of halogens is 1. The number of aryl methyl sites for hydroxylation is 1. The van der Waals surface area contributed by atoms with E-state index in [1.54, 1.807) is 0 Å². The number of carbonyl (C=O) groups is 1. The summed E-state index contributed by atoms with van der Waals surface area (Å²) in [6.07, 6.45) is 1.12. The monoisotopic (exact) mass is 189 g/mol. The molecule has 7 heteroatoms. The molecule has 0 amide bonds. The Morgan fingerprint density at radius 1 is 1.83 bits per heavy atom. The highest BCUT2D eigenvalue weighted by molar-refractivity contribution is 6.67. The summed E-state index contributed by atoms with van der Waals surface area (Å²) in [6, 6.07) is 0. The van der Waals surface area contributed by atoms with Gasteiger partial charge in [0.25, 0.3) is 0 Å². The summed E-state index contributed by atoms with van der Waals surface area (Å²) in [7, 11) is 1.45. The fourth-order valence-corrected chi connectivity index (χ4v) is 0.897. The summed E-state index contributed by atoms with van der Waals surface area (Å²) in [6.45, 7) is 0. The Balaban J connectivity index is 3.17. The van der Waals surface area contributed by atoms with E-state index in [1.165, 1.54) is 11.6 Å². The van der Waals surface area contributed by atoms with Gasteiger partial charge >= 0.3 is 16.9 Å². The van der Waals surface area contributed by atoms with E-state index in [2.05, 4.69) is 4.98 Å². The first-order chi connectivity index (χ1) is 5.52. The second-order valence-corrected chi connectivity index (χ2v) is 2.41. The molecule has 0 aromatic carbocycles. The molecule has 0 aliphatic carbocycles. The minimum absolute atomic E-state index is 0.136. The lowest BCUT2D eigenvalue weighted by molar-refractivity contribution is -0.389. The summed E-state index contributed by atoms with van der Waals surface area (Å²) in [4.78, 5) is 23.4. The summed E-state index contributed by atoms with van der Waals surface area (Å²) in [5.74, 6) is -0.523. The third-order valence-electron chi connectivity index (χ3n) is 1.23. The van der Waals surface area contributed by atoms with Crippen molar-refractivity contribution in [2.45, 2.75) is 0 Å². The van der Waals surface area contributed by atoms with E-state index in [0.29, 0.717) is 0 Å². The SMILES string of the molecule is Cn1cc([N+](=O)[O-])nc1C(=O)Cl. The van der Waals surface area contributed by atoms with Crippen LogP contribution in [0.2, 0.25) is 0 Å². The average Bonchev–Trinajstić information content (AvgIpc) is 2.30.